The molecule has 0 unspecified atom stereocenters. The quantitative estimate of drug-likeness (QED) is 0.309. The number of alkyl halides is 5. The lowest BCUT2D eigenvalue weighted by atomic mass is 10.1. The molecular formula is C24H18F5N5O7S. The Kier molecular flexibility index (Phi) is 6.83. The van der Waals surface area contributed by atoms with Gasteiger partial charge < -0.3 is 24.1 Å². The summed E-state index contributed by atoms with van der Waals surface area (Å²) in [6.07, 6.45) is -7.28. The Balaban J connectivity index is 1.54. The molecule has 1 aliphatic rings. The van der Waals surface area contributed by atoms with Gasteiger partial charge in [0.25, 0.3) is 5.56 Å². The third-order valence-corrected chi connectivity index (χ3v) is 7.11. The first-order chi connectivity index (χ1) is 19.6. The number of anilines is 1. The van der Waals surface area contributed by atoms with E-state index in [-0.39, 0.29) is 46.0 Å². The van der Waals surface area contributed by atoms with Crippen LogP contribution in [0.3, 0.4) is 0 Å². The van der Waals surface area contributed by atoms with E-state index in [4.69, 9.17) is 0 Å². The molecule has 0 saturated heterocycles. The van der Waals surface area contributed by atoms with Gasteiger partial charge in [0.2, 0.25) is 5.91 Å². The van der Waals surface area contributed by atoms with Crippen LogP contribution in [0.4, 0.5) is 27.6 Å². The number of H-pyrrole nitrogens is 1. The Morgan fingerprint density at radius 2 is 1.86 bits per heavy atom. The molecule has 222 valence electrons. The average Bonchev–Trinajstić information content (AvgIpc) is 3.47. The summed E-state index contributed by atoms with van der Waals surface area (Å²) in [6, 6.07) is 6.47. The number of hydrogen-bond donors (Lipinski definition) is 1. The Morgan fingerprint density at radius 3 is 2.52 bits per heavy atom. The molecule has 0 bridgehead atoms. The largest absolute Gasteiger partial charge is 0.586 e. The number of sulfone groups is 1. The van der Waals surface area contributed by atoms with Gasteiger partial charge in [0, 0.05) is 30.1 Å². The predicted octanol–water partition coefficient (Wildman–Crippen LogP) is 3.46. The van der Waals surface area contributed by atoms with Crippen molar-refractivity contribution >= 4 is 32.5 Å². The summed E-state index contributed by atoms with van der Waals surface area (Å²) in [7, 11) is -4.15. The van der Waals surface area contributed by atoms with Crippen LogP contribution in [0.1, 0.15) is 6.92 Å². The summed E-state index contributed by atoms with van der Waals surface area (Å²) in [5.41, 5.74) is -1.16. The van der Waals surface area contributed by atoms with Gasteiger partial charge in [-0.2, -0.15) is 5.10 Å². The van der Waals surface area contributed by atoms with E-state index in [1.54, 1.807) is 6.92 Å². The van der Waals surface area contributed by atoms with Gasteiger partial charge in [-0.1, -0.05) is 6.07 Å². The van der Waals surface area contributed by atoms with E-state index in [0.29, 0.717) is 6.26 Å². The fourth-order valence-electron chi connectivity index (χ4n) is 4.27. The second-order valence-corrected chi connectivity index (χ2v) is 10.8. The number of amides is 1. The molecule has 1 aliphatic heterocycles. The van der Waals surface area contributed by atoms with E-state index in [1.165, 1.54) is 12.1 Å². The fourth-order valence-corrected chi connectivity index (χ4v) is 5.05. The van der Waals surface area contributed by atoms with E-state index in [2.05, 4.69) is 29.3 Å². The molecule has 0 aliphatic carbocycles. The monoisotopic (exact) mass is 615 g/mol. The third kappa shape index (κ3) is 5.56. The van der Waals surface area contributed by atoms with Crippen LogP contribution < -0.4 is 24.7 Å². The molecule has 2 aromatic heterocycles. The number of rotatable bonds is 7. The van der Waals surface area contributed by atoms with Crippen LogP contribution in [0.5, 0.6) is 17.2 Å². The smallest absolute Gasteiger partial charge is 0.404 e. The minimum atomic E-state index is -5.23. The van der Waals surface area contributed by atoms with Crippen LogP contribution in [0.25, 0.3) is 22.3 Å². The number of fused-ring (bicyclic) bond motifs is 2. The van der Waals surface area contributed by atoms with E-state index >= 15 is 0 Å². The topological polar surface area (TPSA) is 146 Å². The van der Waals surface area contributed by atoms with Gasteiger partial charge in [0.15, 0.2) is 21.3 Å². The lowest BCUT2D eigenvalue weighted by molar-refractivity contribution is -0.286. The van der Waals surface area contributed by atoms with Crippen molar-refractivity contribution in [2.75, 3.05) is 17.7 Å². The Labute approximate surface area is 232 Å². The number of hydrogen-bond acceptors (Lipinski definition) is 9. The highest BCUT2D eigenvalue weighted by Crippen LogP contribution is 2.43. The van der Waals surface area contributed by atoms with Gasteiger partial charge in [0.1, 0.15) is 33.9 Å². The van der Waals surface area contributed by atoms with Crippen molar-refractivity contribution in [1.82, 2.24) is 19.7 Å². The lowest BCUT2D eigenvalue weighted by Gasteiger charge is -2.21. The van der Waals surface area contributed by atoms with Crippen molar-refractivity contribution in [3.8, 4) is 28.5 Å². The molecule has 0 radical (unpaired) electrons. The number of imidazole rings is 1. The number of carbonyl (C=O) groups excluding carboxylic acids is 1. The highest BCUT2D eigenvalue weighted by Gasteiger charge is 2.43. The van der Waals surface area contributed by atoms with Crippen molar-refractivity contribution in [3.05, 3.63) is 53.1 Å². The van der Waals surface area contributed by atoms with Crippen molar-refractivity contribution in [1.29, 1.82) is 0 Å². The number of aromatic nitrogens is 4. The Morgan fingerprint density at radius 1 is 1.14 bits per heavy atom. The molecule has 4 aromatic rings. The number of nitrogens with one attached hydrogen (secondary N) is 1. The maximum atomic E-state index is 13.4. The fraction of sp³-hybridized carbons (Fsp3) is 0.250. The zero-order valence-electron chi connectivity index (χ0n) is 21.4. The maximum absolute atomic E-state index is 13.4. The number of nitrogens with zero attached hydrogens (tertiary/aromatic N) is 4. The summed E-state index contributed by atoms with van der Waals surface area (Å²) >= 11 is 0. The normalized spacial score (nSPS) is 14.3. The van der Waals surface area contributed by atoms with Gasteiger partial charge in [0.05, 0.1) is 6.33 Å². The van der Waals surface area contributed by atoms with Crippen molar-refractivity contribution < 1.29 is 49.4 Å². The van der Waals surface area contributed by atoms with Crippen LogP contribution in [-0.2, 0) is 21.2 Å². The minimum Gasteiger partial charge on any atom is -0.404 e. The molecule has 3 heterocycles. The molecular weight excluding hydrogens is 597 g/mol. The molecule has 1 N–H and O–H groups in total. The van der Waals surface area contributed by atoms with Crippen LogP contribution in [0.15, 0.2) is 52.4 Å². The number of halogens is 5. The standard InChI is InChI=1S/C24H18F5N5O7S/c1-3-33(13-5-6-14-15(9-13)41-24(28,29)40-14)18(35)10-34-22(36)21-20(30-11-31-21)19(32-34)12-4-7-17(42(2,37)38)16(8-12)39-23(25,26)27/h4-9,11H,3,10H2,1-2H3,(H,30,31). The predicted molar refractivity (Wildman–Crippen MR) is 134 cm³/mol. The summed E-state index contributed by atoms with van der Waals surface area (Å²) in [5.74, 6) is -2.30. The molecule has 5 rings (SSSR count). The van der Waals surface area contributed by atoms with Gasteiger partial charge >= 0.3 is 12.7 Å². The van der Waals surface area contributed by atoms with Gasteiger partial charge in [-0.15, -0.1) is 22.0 Å². The first-order valence-corrected chi connectivity index (χ1v) is 13.7. The minimum absolute atomic E-state index is 0.0356. The van der Waals surface area contributed by atoms with Crippen LogP contribution in [-0.4, -0.2) is 59.5 Å². The van der Waals surface area contributed by atoms with E-state index < -0.39 is 51.2 Å². The summed E-state index contributed by atoms with van der Waals surface area (Å²) in [5, 5.41) is 4.14. The van der Waals surface area contributed by atoms with Crippen molar-refractivity contribution in [2.24, 2.45) is 0 Å². The summed E-state index contributed by atoms with van der Waals surface area (Å²) in [6.45, 7) is 0.933. The van der Waals surface area contributed by atoms with Crippen LogP contribution in [0.2, 0.25) is 0 Å². The molecule has 18 heteroatoms. The molecule has 42 heavy (non-hydrogen) atoms. The second-order valence-electron chi connectivity index (χ2n) is 8.86. The Hall–Kier alpha value is -4.74. The zero-order chi connectivity index (χ0) is 30.6. The number of benzene rings is 2. The van der Waals surface area contributed by atoms with Gasteiger partial charge in [-0.25, -0.2) is 18.1 Å². The van der Waals surface area contributed by atoms with Gasteiger partial charge in [-0.3, -0.25) is 9.59 Å². The van der Waals surface area contributed by atoms with Crippen molar-refractivity contribution in [2.45, 2.75) is 31.0 Å². The zero-order valence-corrected chi connectivity index (χ0v) is 22.2. The molecule has 2 aromatic carbocycles. The third-order valence-electron chi connectivity index (χ3n) is 5.97. The average molecular weight is 615 g/mol. The molecule has 1 amide bonds. The maximum Gasteiger partial charge on any atom is 0.586 e. The Bertz CT molecular complexity index is 1890. The van der Waals surface area contributed by atoms with E-state index in [1.807, 2.05) is 0 Å². The van der Waals surface area contributed by atoms with E-state index in [9.17, 15) is 40.0 Å². The molecule has 0 fully saturated rings. The number of aromatic amines is 1. The first-order valence-electron chi connectivity index (χ1n) is 11.8. The van der Waals surface area contributed by atoms with Crippen LogP contribution >= 0.6 is 0 Å². The van der Waals surface area contributed by atoms with Crippen molar-refractivity contribution in [3.63, 3.8) is 0 Å². The molecule has 0 atom stereocenters. The number of carbonyl (C=O) groups is 1. The summed E-state index contributed by atoms with van der Waals surface area (Å²) < 4.78 is 104. The highest BCUT2D eigenvalue weighted by molar-refractivity contribution is 7.90. The van der Waals surface area contributed by atoms with Gasteiger partial charge in [-0.05, 0) is 31.2 Å². The molecule has 0 spiro atoms. The summed E-state index contributed by atoms with van der Waals surface area (Å²) in [4.78, 5) is 33.4. The first kappa shape index (κ1) is 28.8. The second kappa shape index (κ2) is 9.97. The highest BCUT2D eigenvalue weighted by atomic mass is 32.2. The number of likely N-dealkylation sites (N-methyl/N-ethyl adjacent to an activating group) is 1. The molecule has 12 nitrogen and oxygen atoms in total. The van der Waals surface area contributed by atoms with Crippen LogP contribution in [0, 0.1) is 0 Å². The molecule has 0 saturated carbocycles. The van der Waals surface area contributed by atoms with E-state index in [0.717, 1.165) is 40.2 Å². The lowest BCUT2D eigenvalue weighted by Crippen LogP contribution is -2.37. The number of ether oxygens (including phenoxy) is 3. The SMILES string of the molecule is CCN(C(=O)Cn1nc(-c2ccc(S(C)(=O)=O)c(OC(F)(F)F)c2)c2nc[nH]c2c1=O)c1ccc2c(c1)OC(F)(F)O2.